The molecule has 0 amide bonds. The van der Waals surface area contributed by atoms with Gasteiger partial charge in [-0.25, -0.2) is 0 Å². The number of aliphatic hydroxyl groups is 1. The number of aliphatic hydroxyl groups excluding tert-OH is 1. The molecule has 0 saturated heterocycles. The van der Waals surface area contributed by atoms with Crippen LogP contribution < -0.4 is 4.43 Å². The molecule has 1 N–H and O–H groups in total. The van der Waals surface area contributed by atoms with E-state index < -0.39 is 14.4 Å². The van der Waals surface area contributed by atoms with E-state index >= 15 is 0 Å². The van der Waals surface area contributed by atoms with Crippen LogP contribution in [0.2, 0.25) is 16.6 Å². The van der Waals surface area contributed by atoms with Crippen molar-refractivity contribution < 1.29 is 9.53 Å². The minimum atomic E-state index is -2.03. The summed E-state index contributed by atoms with van der Waals surface area (Å²) < 4.78 is 6.92. The number of fused-ring (bicyclic) bond motifs is 1. The standard InChI is InChI=1S/C28H41NO2Si/c1-17(2)32(18(3)4,19(5)6)31-23-13-20(7)26(21(8)14-23)27(30)22-11-12-25-24(15-22)28(9,10)16-29-25/h11-19,27,30H,1-10H3. The van der Waals surface area contributed by atoms with Crippen molar-refractivity contribution >= 4 is 20.2 Å². The summed E-state index contributed by atoms with van der Waals surface area (Å²) in [5.41, 5.74) is 7.65. The van der Waals surface area contributed by atoms with E-state index in [1.807, 2.05) is 18.3 Å². The van der Waals surface area contributed by atoms with Gasteiger partial charge in [0, 0.05) is 11.6 Å². The number of aryl methyl sites for hydroxylation is 2. The van der Waals surface area contributed by atoms with Gasteiger partial charge < -0.3 is 9.53 Å². The van der Waals surface area contributed by atoms with Gasteiger partial charge in [-0.15, -0.1) is 0 Å². The lowest BCUT2D eigenvalue weighted by atomic mass is 9.84. The van der Waals surface area contributed by atoms with Crippen molar-refractivity contribution in [3.63, 3.8) is 0 Å². The maximum Gasteiger partial charge on any atom is 0.258 e. The first kappa shape index (κ1) is 24.7. The van der Waals surface area contributed by atoms with Crippen LogP contribution in [0.3, 0.4) is 0 Å². The number of aliphatic imine (C=N–C) groups is 1. The second-order valence-electron chi connectivity index (χ2n) is 11.0. The van der Waals surface area contributed by atoms with Crippen molar-refractivity contribution in [3.8, 4) is 5.75 Å². The van der Waals surface area contributed by atoms with Crippen LogP contribution in [0.15, 0.2) is 35.3 Å². The molecule has 0 fully saturated rings. The van der Waals surface area contributed by atoms with Gasteiger partial charge in [-0.1, -0.05) is 61.5 Å². The lowest BCUT2D eigenvalue weighted by molar-refractivity contribution is 0.218. The summed E-state index contributed by atoms with van der Waals surface area (Å²) in [6.07, 6.45) is 1.32. The topological polar surface area (TPSA) is 41.8 Å². The number of hydrogen-bond acceptors (Lipinski definition) is 3. The molecule has 1 unspecified atom stereocenters. The number of rotatable bonds is 7. The molecule has 0 saturated carbocycles. The van der Waals surface area contributed by atoms with E-state index in [1.165, 1.54) is 5.56 Å². The van der Waals surface area contributed by atoms with Gasteiger partial charge in [0.2, 0.25) is 0 Å². The number of hydrogen-bond donors (Lipinski definition) is 1. The van der Waals surface area contributed by atoms with Gasteiger partial charge in [-0.3, -0.25) is 4.99 Å². The second kappa shape index (κ2) is 8.79. The Kier molecular flexibility index (Phi) is 6.79. The molecule has 0 aliphatic carbocycles. The summed E-state index contributed by atoms with van der Waals surface area (Å²) in [6.45, 7) is 22.3. The molecule has 0 radical (unpaired) electrons. The molecule has 1 aliphatic heterocycles. The highest BCUT2D eigenvalue weighted by Gasteiger charge is 2.47. The molecule has 2 aromatic carbocycles. The summed E-state index contributed by atoms with van der Waals surface area (Å²) >= 11 is 0. The highest BCUT2D eigenvalue weighted by atomic mass is 28.4. The van der Waals surface area contributed by atoms with Gasteiger partial charge in [0.25, 0.3) is 8.32 Å². The quantitative estimate of drug-likeness (QED) is 0.434. The maximum absolute atomic E-state index is 11.4. The van der Waals surface area contributed by atoms with Crippen molar-refractivity contribution in [3.05, 3.63) is 58.1 Å². The monoisotopic (exact) mass is 451 g/mol. The van der Waals surface area contributed by atoms with Crippen LogP contribution in [0.4, 0.5) is 5.69 Å². The predicted molar refractivity (Wildman–Crippen MR) is 139 cm³/mol. The van der Waals surface area contributed by atoms with Crippen molar-refractivity contribution in [1.29, 1.82) is 0 Å². The van der Waals surface area contributed by atoms with E-state index in [0.29, 0.717) is 16.6 Å². The fourth-order valence-corrected chi connectivity index (χ4v) is 11.0. The Morgan fingerprint density at radius 3 is 1.91 bits per heavy atom. The first-order valence-electron chi connectivity index (χ1n) is 12.0. The van der Waals surface area contributed by atoms with Crippen molar-refractivity contribution in [2.24, 2.45) is 4.99 Å². The SMILES string of the molecule is Cc1cc(O[Si](C(C)C)(C(C)C)C(C)C)cc(C)c1C(O)c1ccc2c(c1)C(C)(C)C=N2. The van der Waals surface area contributed by atoms with Gasteiger partial charge in [0.1, 0.15) is 11.9 Å². The molecule has 0 bridgehead atoms. The van der Waals surface area contributed by atoms with Crippen LogP contribution in [-0.2, 0) is 5.41 Å². The number of nitrogens with zero attached hydrogens (tertiary/aromatic N) is 1. The van der Waals surface area contributed by atoms with Gasteiger partial charge in [0.05, 0.1) is 5.69 Å². The molecule has 0 spiro atoms. The third-order valence-corrected chi connectivity index (χ3v) is 13.4. The Bertz CT molecular complexity index is 975. The van der Waals surface area contributed by atoms with E-state index in [9.17, 15) is 5.11 Å². The number of benzene rings is 2. The normalized spacial score (nSPS) is 16.2. The van der Waals surface area contributed by atoms with Crippen LogP contribution in [0.1, 0.15) is 89.3 Å². The van der Waals surface area contributed by atoms with Crippen LogP contribution >= 0.6 is 0 Å². The lowest BCUT2D eigenvalue weighted by Crippen LogP contribution is -2.50. The molecule has 4 heteroatoms. The minimum Gasteiger partial charge on any atom is -0.543 e. The van der Waals surface area contributed by atoms with E-state index in [2.05, 4.69) is 92.4 Å². The van der Waals surface area contributed by atoms with Crippen LogP contribution in [0, 0.1) is 13.8 Å². The average molecular weight is 452 g/mol. The molecule has 2 aromatic rings. The Morgan fingerprint density at radius 1 is 0.875 bits per heavy atom. The molecule has 174 valence electrons. The Labute approximate surface area is 196 Å². The Morgan fingerprint density at radius 2 is 1.41 bits per heavy atom. The minimum absolute atomic E-state index is 0.106. The Hall–Kier alpha value is -1.91. The first-order valence-corrected chi connectivity index (χ1v) is 14.1. The molecule has 1 aliphatic rings. The third-order valence-electron chi connectivity index (χ3n) is 7.40. The van der Waals surface area contributed by atoms with E-state index in [4.69, 9.17) is 4.43 Å². The van der Waals surface area contributed by atoms with Crippen LogP contribution in [0.25, 0.3) is 0 Å². The van der Waals surface area contributed by atoms with Crippen molar-refractivity contribution in [2.45, 2.75) is 97.4 Å². The van der Waals surface area contributed by atoms with E-state index in [-0.39, 0.29) is 5.41 Å². The second-order valence-corrected chi connectivity index (χ2v) is 16.4. The fourth-order valence-electron chi connectivity index (χ4n) is 5.80. The zero-order valence-electron chi connectivity index (χ0n) is 21.6. The summed E-state index contributed by atoms with van der Waals surface area (Å²) in [4.78, 5) is 4.53. The summed E-state index contributed by atoms with van der Waals surface area (Å²) in [5.74, 6) is 0.946. The highest BCUT2D eigenvalue weighted by Crippen LogP contribution is 2.44. The fraction of sp³-hybridized carbons (Fsp3) is 0.536. The summed E-state index contributed by atoms with van der Waals surface area (Å²) in [6, 6.07) is 10.4. The molecular weight excluding hydrogens is 410 g/mol. The zero-order valence-corrected chi connectivity index (χ0v) is 22.6. The van der Waals surface area contributed by atoms with Crippen molar-refractivity contribution in [1.82, 2.24) is 0 Å². The van der Waals surface area contributed by atoms with E-state index in [1.54, 1.807) is 0 Å². The highest BCUT2D eigenvalue weighted by molar-refractivity contribution is 6.78. The maximum atomic E-state index is 11.4. The summed E-state index contributed by atoms with van der Waals surface area (Å²) in [5, 5.41) is 11.4. The molecule has 1 atom stereocenters. The molecular formula is C28H41NO2Si. The average Bonchev–Trinajstić information content (AvgIpc) is 2.99. The smallest absolute Gasteiger partial charge is 0.258 e. The zero-order chi connectivity index (χ0) is 24.0. The van der Waals surface area contributed by atoms with Gasteiger partial charge >= 0.3 is 0 Å². The molecule has 32 heavy (non-hydrogen) atoms. The predicted octanol–water partition coefficient (Wildman–Crippen LogP) is 7.93. The van der Waals surface area contributed by atoms with Gasteiger partial charge in [-0.2, -0.15) is 0 Å². The molecule has 0 aromatic heterocycles. The summed E-state index contributed by atoms with van der Waals surface area (Å²) in [7, 11) is -2.03. The molecule has 3 nitrogen and oxygen atoms in total. The third kappa shape index (κ3) is 4.20. The Balaban J connectivity index is 1.98. The molecule has 1 heterocycles. The van der Waals surface area contributed by atoms with Gasteiger partial charge in [0.15, 0.2) is 0 Å². The molecule has 3 rings (SSSR count). The van der Waals surface area contributed by atoms with Crippen molar-refractivity contribution in [2.75, 3.05) is 0 Å². The van der Waals surface area contributed by atoms with E-state index in [0.717, 1.165) is 33.7 Å². The van der Waals surface area contributed by atoms with Crippen LogP contribution in [0.5, 0.6) is 5.75 Å². The first-order chi connectivity index (χ1) is 14.8. The van der Waals surface area contributed by atoms with Gasteiger partial charge in [-0.05, 0) is 82.6 Å². The van der Waals surface area contributed by atoms with Crippen LogP contribution in [-0.4, -0.2) is 19.6 Å². The lowest BCUT2D eigenvalue weighted by Gasteiger charge is -2.42. The largest absolute Gasteiger partial charge is 0.543 e.